The Balaban J connectivity index is 0.00000171. The summed E-state index contributed by atoms with van der Waals surface area (Å²) < 4.78 is 34.0. The molecule has 2 aromatic heterocycles. The second kappa shape index (κ2) is 11.3. The molecule has 0 spiro atoms. The highest BCUT2D eigenvalue weighted by Crippen LogP contribution is 2.25. The van der Waals surface area contributed by atoms with Gasteiger partial charge in [0.2, 0.25) is 0 Å². The highest BCUT2D eigenvalue weighted by Gasteiger charge is 2.08. The van der Waals surface area contributed by atoms with E-state index in [1.165, 1.54) is 12.1 Å². The van der Waals surface area contributed by atoms with Gasteiger partial charge in [0.05, 0.1) is 15.2 Å². The first kappa shape index (κ1) is 24.9. The van der Waals surface area contributed by atoms with Gasteiger partial charge in [-0.05, 0) is 42.8 Å². The summed E-state index contributed by atoms with van der Waals surface area (Å²) in [5.74, 6) is -0.404. The van der Waals surface area contributed by atoms with Gasteiger partial charge in [-0.2, -0.15) is 0 Å². The number of rotatable bonds is 7. The lowest BCUT2D eigenvalue weighted by Gasteiger charge is -2.09. The molecule has 2 heterocycles. The molecule has 4 aromatic rings. The molecule has 0 fully saturated rings. The van der Waals surface area contributed by atoms with Crippen molar-refractivity contribution in [2.75, 3.05) is 13.2 Å². The summed E-state index contributed by atoms with van der Waals surface area (Å²) >= 11 is 1.66. The van der Waals surface area contributed by atoms with E-state index in [1.54, 1.807) is 23.7 Å². The highest BCUT2D eigenvalue weighted by atomic mass is 35.5. The minimum atomic E-state index is -0.599. The Bertz CT molecular complexity index is 1160. The van der Waals surface area contributed by atoms with Crippen molar-refractivity contribution in [3.63, 3.8) is 0 Å². The van der Waals surface area contributed by atoms with Crippen LogP contribution in [0.15, 0.2) is 54.9 Å². The van der Waals surface area contributed by atoms with E-state index in [1.807, 2.05) is 31.2 Å². The van der Waals surface area contributed by atoms with Crippen LogP contribution in [0.2, 0.25) is 0 Å². The van der Waals surface area contributed by atoms with Crippen LogP contribution < -0.4 is 10.1 Å². The third-order valence-corrected chi connectivity index (χ3v) is 5.33. The molecule has 164 valence electrons. The largest absolute Gasteiger partial charge is 0.492 e. The summed E-state index contributed by atoms with van der Waals surface area (Å²) in [6, 6.07) is 11.3. The van der Waals surface area contributed by atoms with Crippen molar-refractivity contribution >= 4 is 46.4 Å². The molecule has 0 atom stereocenters. The molecule has 4 nitrogen and oxygen atoms in total. The van der Waals surface area contributed by atoms with E-state index in [-0.39, 0.29) is 24.8 Å². The van der Waals surface area contributed by atoms with Crippen molar-refractivity contribution in [2.45, 2.75) is 13.5 Å². The van der Waals surface area contributed by atoms with Gasteiger partial charge in [-0.25, -0.2) is 13.8 Å². The van der Waals surface area contributed by atoms with E-state index < -0.39 is 11.6 Å². The van der Waals surface area contributed by atoms with Crippen molar-refractivity contribution in [1.82, 2.24) is 15.3 Å². The summed E-state index contributed by atoms with van der Waals surface area (Å²) in [5, 5.41) is 4.32. The number of halogens is 4. The summed E-state index contributed by atoms with van der Waals surface area (Å²) in [4.78, 5) is 8.63. The van der Waals surface area contributed by atoms with Crippen molar-refractivity contribution in [3.05, 3.63) is 77.1 Å². The Labute approximate surface area is 195 Å². The molecule has 0 bridgehead atoms. The average molecular weight is 484 g/mol. The molecular weight excluding hydrogens is 463 g/mol. The quantitative estimate of drug-likeness (QED) is 0.329. The molecule has 0 aliphatic carbocycles. The maximum Gasteiger partial charge on any atom is 0.133 e. The number of aryl methyl sites for hydroxylation is 1. The molecule has 9 heteroatoms. The van der Waals surface area contributed by atoms with Crippen LogP contribution in [0.4, 0.5) is 8.78 Å². The van der Waals surface area contributed by atoms with Gasteiger partial charge in [0.1, 0.15) is 24.0 Å². The molecule has 0 unspecified atom stereocenters. The lowest BCUT2D eigenvalue weighted by molar-refractivity contribution is 0.314. The van der Waals surface area contributed by atoms with Gasteiger partial charge in [0, 0.05) is 48.7 Å². The third-order valence-electron chi connectivity index (χ3n) is 4.38. The number of fused-ring (bicyclic) bond motifs is 1. The number of hydrogen-bond acceptors (Lipinski definition) is 5. The molecule has 0 aliphatic heterocycles. The first-order valence-corrected chi connectivity index (χ1v) is 10.0. The van der Waals surface area contributed by atoms with E-state index in [2.05, 4.69) is 15.3 Å². The summed E-state index contributed by atoms with van der Waals surface area (Å²) in [6.45, 7) is 3.71. The van der Waals surface area contributed by atoms with E-state index >= 15 is 0 Å². The lowest BCUT2D eigenvalue weighted by Crippen LogP contribution is -2.20. The van der Waals surface area contributed by atoms with Crippen molar-refractivity contribution in [3.8, 4) is 16.9 Å². The number of aromatic nitrogens is 2. The second-order valence-corrected chi connectivity index (χ2v) is 7.83. The number of pyridine rings is 1. The molecule has 31 heavy (non-hydrogen) atoms. The molecule has 4 rings (SSSR count). The third kappa shape index (κ3) is 6.33. The average Bonchev–Trinajstić information content (AvgIpc) is 3.07. The van der Waals surface area contributed by atoms with Crippen LogP contribution in [0.5, 0.6) is 5.75 Å². The number of ether oxygens (including phenoxy) is 1. The SMILES string of the molecule is Cc1nc2cc(OCCNCc3cncc(-c4ccc(F)cc4F)c3)ccc2s1.Cl.Cl. The molecule has 0 amide bonds. The Morgan fingerprint density at radius 1 is 1.03 bits per heavy atom. The first-order chi connectivity index (χ1) is 14.1. The molecule has 0 saturated carbocycles. The predicted molar refractivity (Wildman–Crippen MR) is 126 cm³/mol. The van der Waals surface area contributed by atoms with Gasteiger partial charge >= 0.3 is 0 Å². The van der Waals surface area contributed by atoms with E-state index in [9.17, 15) is 8.78 Å². The van der Waals surface area contributed by atoms with Gasteiger partial charge in [-0.15, -0.1) is 36.2 Å². The van der Waals surface area contributed by atoms with Crippen LogP contribution in [-0.2, 0) is 6.54 Å². The minimum Gasteiger partial charge on any atom is -0.492 e. The van der Waals surface area contributed by atoms with Crippen molar-refractivity contribution in [1.29, 1.82) is 0 Å². The van der Waals surface area contributed by atoms with Crippen LogP contribution in [0.3, 0.4) is 0 Å². The Morgan fingerprint density at radius 2 is 1.87 bits per heavy atom. The van der Waals surface area contributed by atoms with E-state index in [0.717, 1.165) is 32.6 Å². The summed E-state index contributed by atoms with van der Waals surface area (Å²) in [6.07, 6.45) is 3.29. The van der Waals surface area contributed by atoms with E-state index in [4.69, 9.17) is 4.74 Å². The number of nitrogens with zero attached hydrogens (tertiary/aromatic N) is 2. The fourth-order valence-corrected chi connectivity index (χ4v) is 3.85. The minimum absolute atomic E-state index is 0. The topological polar surface area (TPSA) is 47.0 Å². The standard InChI is InChI=1S/C22H19F2N3OS.2ClH/c1-14-27-21-10-18(3-5-22(21)29-14)28-7-6-25-11-15-8-16(13-26-12-15)19-4-2-17(23)9-20(19)24;;/h2-5,8-10,12-13,25H,6-7,11H2,1H3;2*1H. The number of benzene rings is 2. The first-order valence-electron chi connectivity index (χ1n) is 9.18. The summed E-state index contributed by atoms with van der Waals surface area (Å²) in [7, 11) is 0. The molecule has 0 saturated heterocycles. The highest BCUT2D eigenvalue weighted by molar-refractivity contribution is 7.18. The summed E-state index contributed by atoms with van der Waals surface area (Å²) in [5.41, 5.74) is 2.81. The van der Waals surface area contributed by atoms with Gasteiger partial charge in [0.15, 0.2) is 0 Å². The van der Waals surface area contributed by atoms with Crippen molar-refractivity contribution in [2.24, 2.45) is 0 Å². The molecular formula is C22H21Cl2F2N3OS. The lowest BCUT2D eigenvalue weighted by atomic mass is 10.1. The Kier molecular flexibility index (Phi) is 9.13. The maximum absolute atomic E-state index is 14.0. The zero-order chi connectivity index (χ0) is 20.2. The van der Waals surface area contributed by atoms with Crippen LogP contribution in [0.1, 0.15) is 10.6 Å². The van der Waals surface area contributed by atoms with Crippen LogP contribution in [0.25, 0.3) is 21.3 Å². The zero-order valence-corrected chi connectivity index (χ0v) is 19.1. The van der Waals surface area contributed by atoms with Crippen LogP contribution in [-0.4, -0.2) is 23.1 Å². The van der Waals surface area contributed by atoms with Gasteiger partial charge < -0.3 is 10.1 Å². The predicted octanol–water partition coefficient (Wildman–Crippen LogP) is 5.96. The fraction of sp³-hybridized carbons (Fsp3) is 0.182. The zero-order valence-electron chi connectivity index (χ0n) is 16.6. The van der Waals surface area contributed by atoms with Crippen LogP contribution >= 0.6 is 36.2 Å². The smallest absolute Gasteiger partial charge is 0.133 e. The normalized spacial score (nSPS) is 10.4. The number of nitrogens with one attached hydrogen (secondary N) is 1. The van der Waals surface area contributed by atoms with Crippen molar-refractivity contribution < 1.29 is 13.5 Å². The number of thiazole rings is 1. The van der Waals surface area contributed by atoms with Gasteiger partial charge in [-0.3, -0.25) is 4.98 Å². The van der Waals surface area contributed by atoms with E-state index in [0.29, 0.717) is 30.8 Å². The van der Waals surface area contributed by atoms with Gasteiger partial charge in [0.25, 0.3) is 0 Å². The molecule has 0 aliphatic rings. The monoisotopic (exact) mass is 483 g/mol. The Morgan fingerprint density at radius 3 is 2.68 bits per heavy atom. The second-order valence-electron chi connectivity index (χ2n) is 6.59. The fourth-order valence-electron chi connectivity index (χ4n) is 3.04. The maximum atomic E-state index is 14.0. The number of hydrogen-bond donors (Lipinski definition) is 1. The van der Waals surface area contributed by atoms with Crippen LogP contribution in [0, 0.1) is 18.6 Å². The van der Waals surface area contributed by atoms with Gasteiger partial charge in [-0.1, -0.05) is 0 Å². The molecule has 1 N–H and O–H groups in total. The molecule has 0 radical (unpaired) electrons. The Hall–Kier alpha value is -2.32. The molecule has 2 aromatic carbocycles.